The summed E-state index contributed by atoms with van der Waals surface area (Å²) in [6.45, 7) is 0. The normalized spacial score (nSPS) is 21.4. The summed E-state index contributed by atoms with van der Waals surface area (Å²) < 4.78 is 0. The zero-order chi connectivity index (χ0) is 7.84. The van der Waals surface area contributed by atoms with Gasteiger partial charge in [-0.15, -0.1) is 11.3 Å². The molecule has 1 atom stereocenters. The molecule has 66 valence electrons. The number of hydrogen-bond acceptors (Lipinski definition) is 2. The number of quaternary nitrogens is 1. The molecule has 2 nitrogen and oxygen atoms in total. The Balaban J connectivity index is 0.000000720. The van der Waals surface area contributed by atoms with Crippen LogP contribution in [0, 0.1) is 0 Å². The van der Waals surface area contributed by atoms with Crippen LogP contribution < -0.4 is 29.7 Å². The lowest BCUT2D eigenvalue weighted by Crippen LogP contribution is -3.00. The molecule has 0 amide bonds. The zero-order valence-electron chi connectivity index (χ0n) is 6.55. The minimum Gasteiger partial charge on any atom is -1.00 e. The molecule has 0 saturated carbocycles. The number of carbonyl (C=O) groups excluding carboxylic acids is 1. The highest BCUT2D eigenvalue weighted by atomic mass is 127. The van der Waals surface area contributed by atoms with Crippen LogP contribution in [0.3, 0.4) is 0 Å². The summed E-state index contributed by atoms with van der Waals surface area (Å²) in [4.78, 5) is 12.4. The minimum absolute atomic E-state index is 0. The second kappa shape index (κ2) is 3.85. The van der Waals surface area contributed by atoms with Gasteiger partial charge in [0, 0.05) is 6.42 Å². The van der Waals surface area contributed by atoms with Crippen LogP contribution in [0.15, 0.2) is 11.4 Å². The van der Waals surface area contributed by atoms with Gasteiger partial charge < -0.3 is 29.7 Å². The van der Waals surface area contributed by atoms with Crippen molar-refractivity contribution in [1.82, 2.24) is 0 Å². The number of hydrogen-bond donors (Lipinski definition) is 1. The molecule has 3 N–H and O–H groups in total. The highest BCUT2D eigenvalue weighted by molar-refractivity contribution is 7.12. The van der Waals surface area contributed by atoms with Crippen LogP contribution >= 0.6 is 11.3 Å². The van der Waals surface area contributed by atoms with E-state index in [2.05, 4.69) is 5.73 Å². The van der Waals surface area contributed by atoms with Gasteiger partial charge in [0.25, 0.3) is 0 Å². The maximum atomic E-state index is 11.4. The Bertz CT molecular complexity index is 297. The number of rotatable bonds is 0. The van der Waals surface area contributed by atoms with Crippen molar-refractivity contribution < 1.29 is 34.5 Å². The summed E-state index contributed by atoms with van der Waals surface area (Å²) in [5.41, 5.74) is 5.04. The summed E-state index contributed by atoms with van der Waals surface area (Å²) in [6, 6.07) is 2.05. The van der Waals surface area contributed by atoms with Crippen LogP contribution in [0.1, 0.15) is 21.7 Å². The standard InChI is InChI=1S/C8H9NOS.HI/c9-6-2-1-5-3-4-11-8(5)7(6)10;/h3-4,6H,1-2,9H2;1H. The van der Waals surface area contributed by atoms with Crippen molar-refractivity contribution >= 4 is 17.1 Å². The van der Waals surface area contributed by atoms with Gasteiger partial charge in [-0.05, 0) is 23.4 Å². The van der Waals surface area contributed by atoms with E-state index in [0.29, 0.717) is 0 Å². The molecule has 1 aliphatic rings. The molecule has 1 aromatic heterocycles. The molecule has 1 unspecified atom stereocenters. The van der Waals surface area contributed by atoms with Gasteiger partial charge in [-0.3, -0.25) is 4.79 Å². The van der Waals surface area contributed by atoms with E-state index in [1.165, 1.54) is 5.56 Å². The molecule has 0 aromatic carbocycles. The molecule has 0 aliphatic heterocycles. The lowest BCUT2D eigenvalue weighted by molar-refractivity contribution is -0.400. The van der Waals surface area contributed by atoms with Crippen LogP contribution in [-0.4, -0.2) is 11.8 Å². The molecule has 4 heteroatoms. The average molecular weight is 295 g/mol. The van der Waals surface area contributed by atoms with Crippen LogP contribution in [0.5, 0.6) is 0 Å². The Morgan fingerprint density at radius 3 is 3.08 bits per heavy atom. The number of fused-ring (bicyclic) bond motifs is 1. The maximum Gasteiger partial charge on any atom is 0.229 e. The van der Waals surface area contributed by atoms with Crippen LogP contribution in [0.4, 0.5) is 0 Å². The molecule has 0 radical (unpaired) electrons. The molecule has 0 fully saturated rings. The van der Waals surface area contributed by atoms with E-state index < -0.39 is 0 Å². The third-order valence-electron chi connectivity index (χ3n) is 2.10. The van der Waals surface area contributed by atoms with Crippen molar-refractivity contribution in [3.63, 3.8) is 0 Å². The van der Waals surface area contributed by atoms with Gasteiger partial charge in [0.2, 0.25) is 5.78 Å². The molecule has 0 saturated heterocycles. The third-order valence-corrected chi connectivity index (χ3v) is 3.07. The Kier molecular flexibility index (Phi) is 3.25. The van der Waals surface area contributed by atoms with Gasteiger partial charge in [-0.1, -0.05) is 0 Å². The Hall–Kier alpha value is 0.0600. The minimum atomic E-state index is 0. The summed E-state index contributed by atoms with van der Waals surface area (Å²) in [6.07, 6.45) is 1.95. The third kappa shape index (κ3) is 1.55. The average Bonchev–Trinajstić information content (AvgIpc) is 2.45. The molecule has 1 aromatic rings. The Morgan fingerprint density at radius 2 is 2.33 bits per heavy atom. The number of aryl methyl sites for hydroxylation is 1. The molecule has 1 aliphatic carbocycles. The fourth-order valence-electron chi connectivity index (χ4n) is 1.39. The molecule has 1 heterocycles. The Morgan fingerprint density at radius 1 is 1.58 bits per heavy atom. The lowest BCUT2D eigenvalue weighted by atomic mass is 9.94. The van der Waals surface area contributed by atoms with Crippen molar-refractivity contribution in [2.24, 2.45) is 0 Å². The van der Waals surface area contributed by atoms with Crippen LogP contribution in [-0.2, 0) is 6.42 Å². The summed E-state index contributed by atoms with van der Waals surface area (Å²) in [5.74, 6) is 0.237. The fourth-order valence-corrected chi connectivity index (χ4v) is 2.37. The van der Waals surface area contributed by atoms with Crippen molar-refractivity contribution in [3.8, 4) is 0 Å². The first-order valence-electron chi connectivity index (χ1n) is 3.72. The van der Waals surface area contributed by atoms with E-state index in [4.69, 9.17) is 0 Å². The molecule has 12 heavy (non-hydrogen) atoms. The van der Waals surface area contributed by atoms with E-state index in [9.17, 15) is 4.79 Å². The van der Waals surface area contributed by atoms with Gasteiger partial charge in [0.1, 0.15) is 6.04 Å². The van der Waals surface area contributed by atoms with Crippen LogP contribution in [0.25, 0.3) is 0 Å². The van der Waals surface area contributed by atoms with Gasteiger partial charge in [0.15, 0.2) is 0 Å². The summed E-state index contributed by atoms with van der Waals surface area (Å²) in [7, 11) is 0. The second-order valence-electron chi connectivity index (χ2n) is 2.87. The van der Waals surface area contributed by atoms with Crippen molar-refractivity contribution in [1.29, 1.82) is 0 Å². The summed E-state index contributed by atoms with van der Waals surface area (Å²) >= 11 is 1.55. The van der Waals surface area contributed by atoms with E-state index in [-0.39, 0.29) is 35.8 Å². The highest BCUT2D eigenvalue weighted by Crippen LogP contribution is 2.24. The van der Waals surface area contributed by atoms with E-state index in [0.717, 1.165) is 17.7 Å². The predicted molar refractivity (Wildman–Crippen MR) is 43.6 cm³/mol. The maximum absolute atomic E-state index is 11.4. The topological polar surface area (TPSA) is 44.7 Å². The van der Waals surface area contributed by atoms with Crippen molar-refractivity contribution in [2.45, 2.75) is 18.9 Å². The predicted octanol–water partition coefficient (Wildman–Crippen LogP) is -2.51. The first-order chi connectivity index (χ1) is 5.29. The molecule has 2 rings (SSSR count). The fraction of sp³-hybridized carbons (Fsp3) is 0.375. The van der Waals surface area contributed by atoms with Gasteiger partial charge in [-0.25, -0.2) is 0 Å². The van der Waals surface area contributed by atoms with Crippen LogP contribution in [0.2, 0.25) is 0 Å². The SMILES string of the molecule is [I-].[NH3+]C1CCc2ccsc2C1=O. The number of thiophene rings is 1. The first kappa shape index (κ1) is 10.1. The first-order valence-corrected chi connectivity index (χ1v) is 4.60. The molecule has 0 bridgehead atoms. The monoisotopic (exact) mass is 295 g/mol. The lowest BCUT2D eigenvalue weighted by Gasteiger charge is -2.13. The van der Waals surface area contributed by atoms with Crippen molar-refractivity contribution in [2.75, 3.05) is 0 Å². The molecular formula is C8H10INOS. The van der Waals surface area contributed by atoms with E-state index in [1.54, 1.807) is 11.3 Å². The largest absolute Gasteiger partial charge is 1.00 e. The molecular weight excluding hydrogens is 285 g/mol. The number of Topliss-reactive ketones (excluding diaryl/α,β-unsaturated/α-hetero) is 1. The number of carbonyl (C=O) groups is 1. The van der Waals surface area contributed by atoms with E-state index in [1.807, 2.05) is 11.4 Å². The molecule has 0 spiro atoms. The van der Waals surface area contributed by atoms with Gasteiger partial charge in [0.05, 0.1) is 4.88 Å². The summed E-state index contributed by atoms with van der Waals surface area (Å²) in [5, 5.41) is 1.99. The quantitative estimate of drug-likeness (QED) is 0.528. The van der Waals surface area contributed by atoms with Gasteiger partial charge in [-0.2, -0.15) is 0 Å². The zero-order valence-corrected chi connectivity index (χ0v) is 9.52. The number of ketones is 1. The second-order valence-corrected chi connectivity index (χ2v) is 3.79. The Labute approximate surface area is 92.2 Å². The number of halogens is 1. The highest BCUT2D eigenvalue weighted by Gasteiger charge is 2.27. The van der Waals surface area contributed by atoms with E-state index >= 15 is 0 Å². The van der Waals surface area contributed by atoms with Crippen molar-refractivity contribution in [3.05, 3.63) is 21.9 Å². The smallest absolute Gasteiger partial charge is 0.229 e. The van der Waals surface area contributed by atoms with Gasteiger partial charge >= 0.3 is 0 Å².